The number of anilines is 1. The third-order valence-corrected chi connectivity index (χ3v) is 6.05. The molecule has 0 spiro atoms. The van der Waals surface area contributed by atoms with Gasteiger partial charge in [0.2, 0.25) is 21.7 Å². The standard InChI is InChI=1S/C16H15ClN4O4S2/c1-21(27(2,23)24)10-5-6-11(12(17)8-10)16(22)18-9-14-19-15(20-25-14)13-4-3-7-26-13/h3-8H,9H2,1-2H3,(H,18,22). The summed E-state index contributed by atoms with van der Waals surface area (Å²) in [5.74, 6) is 0.279. The van der Waals surface area contributed by atoms with Gasteiger partial charge in [0, 0.05) is 7.05 Å². The number of sulfonamides is 1. The number of thiophene rings is 1. The Balaban J connectivity index is 1.68. The van der Waals surface area contributed by atoms with Crippen molar-refractivity contribution in [1.29, 1.82) is 0 Å². The maximum absolute atomic E-state index is 12.3. The monoisotopic (exact) mass is 426 g/mol. The van der Waals surface area contributed by atoms with Gasteiger partial charge < -0.3 is 9.84 Å². The summed E-state index contributed by atoms with van der Waals surface area (Å²) in [6.45, 7) is 0.0402. The zero-order valence-corrected chi connectivity index (χ0v) is 16.7. The molecule has 0 saturated heterocycles. The molecule has 0 aliphatic rings. The average molecular weight is 427 g/mol. The number of rotatable bonds is 6. The first-order valence-corrected chi connectivity index (χ1v) is 10.7. The topological polar surface area (TPSA) is 105 Å². The minimum Gasteiger partial charge on any atom is -0.343 e. The highest BCUT2D eigenvalue weighted by Crippen LogP contribution is 2.25. The van der Waals surface area contributed by atoms with E-state index in [1.165, 1.54) is 36.6 Å². The van der Waals surface area contributed by atoms with E-state index in [0.29, 0.717) is 11.5 Å². The second-order valence-corrected chi connectivity index (χ2v) is 8.93. The summed E-state index contributed by atoms with van der Waals surface area (Å²) in [4.78, 5) is 17.4. The molecule has 0 aliphatic heterocycles. The molecule has 11 heteroatoms. The molecule has 3 rings (SSSR count). The number of hydrogen-bond donors (Lipinski definition) is 1. The lowest BCUT2D eigenvalue weighted by Gasteiger charge is -2.17. The van der Waals surface area contributed by atoms with E-state index in [9.17, 15) is 13.2 Å². The minimum absolute atomic E-state index is 0.0402. The van der Waals surface area contributed by atoms with Gasteiger partial charge in [0.1, 0.15) is 0 Å². The van der Waals surface area contributed by atoms with Gasteiger partial charge in [-0.1, -0.05) is 22.8 Å². The molecule has 1 N–H and O–H groups in total. The molecule has 2 aromatic heterocycles. The van der Waals surface area contributed by atoms with Crippen LogP contribution in [0.2, 0.25) is 5.02 Å². The maximum Gasteiger partial charge on any atom is 0.253 e. The number of hydrogen-bond acceptors (Lipinski definition) is 7. The number of halogens is 1. The Morgan fingerprint density at radius 1 is 1.37 bits per heavy atom. The number of nitrogens with one attached hydrogen (secondary N) is 1. The lowest BCUT2D eigenvalue weighted by molar-refractivity contribution is 0.0946. The van der Waals surface area contributed by atoms with E-state index in [4.69, 9.17) is 16.1 Å². The van der Waals surface area contributed by atoms with Crippen LogP contribution in [0.25, 0.3) is 10.7 Å². The summed E-state index contributed by atoms with van der Waals surface area (Å²) in [5.41, 5.74) is 0.567. The molecule has 27 heavy (non-hydrogen) atoms. The molecule has 0 aliphatic carbocycles. The summed E-state index contributed by atoms with van der Waals surface area (Å²) in [7, 11) is -2.02. The van der Waals surface area contributed by atoms with Gasteiger partial charge in [0.05, 0.1) is 34.0 Å². The average Bonchev–Trinajstić information content (AvgIpc) is 3.29. The number of carbonyl (C=O) groups excluding carboxylic acids is 1. The molecular weight excluding hydrogens is 412 g/mol. The summed E-state index contributed by atoms with van der Waals surface area (Å²) in [6, 6.07) is 8.12. The van der Waals surface area contributed by atoms with Gasteiger partial charge in [-0.2, -0.15) is 4.98 Å². The smallest absolute Gasteiger partial charge is 0.253 e. The highest BCUT2D eigenvalue weighted by Gasteiger charge is 2.17. The predicted molar refractivity (Wildman–Crippen MR) is 103 cm³/mol. The largest absolute Gasteiger partial charge is 0.343 e. The molecular formula is C16H15ClN4O4S2. The number of carbonyl (C=O) groups is 1. The summed E-state index contributed by atoms with van der Waals surface area (Å²) >= 11 is 7.62. The van der Waals surface area contributed by atoms with Crippen LogP contribution in [0, 0.1) is 0 Å². The third-order valence-electron chi connectivity index (χ3n) is 3.67. The van der Waals surface area contributed by atoms with Crippen molar-refractivity contribution in [2.24, 2.45) is 0 Å². The lowest BCUT2D eigenvalue weighted by Crippen LogP contribution is -2.26. The van der Waals surface area contributed by atoms with Crippen LogP contribution in [0.3, 0.4) is 0 Å². The first-order valence-electron chi connectivity index (χ1n) is 7.64. The second-order valence-electron chi connectivity index (χ2n) is 5.57. The summed E-state index contributed by atoms with van der Waals surface area (Å²) in [5, 5.41) is 8.54. The maximum atomic E-state index is 12.3. The van der Waals surface area contributed by atoms with E-state index < -0.39 is 15.9 Å². The zero-order chi connectivity index (χ0) is 19.6. The summed E-state index contributed by atoms with van der Waals surface area (Å²) < 4.78 is 29.4. The number of aromatic nitrogens is 2. The van der Waals surface area contributed by atoms with Crippen LogP contribution < -0.4 is 9.62 Å². The Hall–Kier alpha value is -2.43. The van der Waals surface area contributed by atoms with E-state index in [1.54, 1.807) is 0 Å². The lowest BCUT2D eigenvalue weighted by atomic mass is 10.2. The highest BCUT2D eigenvalue weighted by molar-refractivity contribution is 7.92. The molecule has 142 valence electrons. The van der Waals surface area contributed by atoms with E-state index in [-0.39, 0.29) is 23.0 Å². The molecule has 1 amide bonds. The van der Waals surface area contributed by atoms with Gasteiger partial charge in [0.15, 0.2) is 0 Å². The third kappa shape index (κ3) is 4.46. The Morgan fingerprint density at radius 2 is 2.15 bits per heavy atom. The van der Waals surface area contributed by atoms with Gasteiger partial charge >= 0.3 is 0 Å². The Labute approximate surface area is 164 Å². The molecule has 0 atom stereocenters. The van der Waals surface area contributed by atoms with Crippen LogP contribution >= 0.6 is 22.9 Å². The Morgan fingerprint density at radius 3 is 2.78 bits per heavy atom. The van der Waals surface area contributed by atoms with Gasteiger partial charge in [-0.25, -0.2) is 8.42 Å². The summed E-state index contributed by atoms with van der Waals surface area (Å²) in [6.07, 6.45) is 1.08. The number of nitrogens with zero attached hydrogens (tertiary/aromatic N) is 3. The molecule has 2 heterocycles. The molecule has 0 unspecified atom stereocenters. The fourth-order valence-corrected chi connectivity index (χ4v) is 3.57. The van der Waals surface area contributed by atoms with Crippen LogP contribution in [0.1, 0.15) is 16.2 Å². The first kappa shape index (κ1) is 19.3. The first-order chi connectivity index (χ1) is 12.8. The van der Waals surface area contributed by atoms with E-state index >= 15 is 0 Å². The SMILES string of the molecule is CN(c1ccc(C(=O)NCc2nc(-c3cccs3)no2)c(Cl)c1)S(C)(=O)=O. The predicted octanol–water partition coefficient (Wildman–Crippen LogP) is 2.78. The van der Waals surface area contributed by atoms with Crippen molar-refractivity contribution in [2.45, 2.75) is 6.54 Å². The Bertz CT molecular complexity index is 1060. The van der Waals surface area contributed by atoms with Crippen molar-refractivity contribution < 1.29 is 17.7 Å². The Kier molecular flexibility index (Phi) is 5.49. The quantitative estimate of drug-likeness (QED) is 0.649. The van der Waals surface area contributed by atoms with E-state index in [0.717, 1.165) is 15.4 Å². The molecule has 3 aromatic rings. The number of amides is 1. The second kappa shape index (κ2) is 7.67. The molecule has 0 radical (unpaired) electrons. The van der Waals surface area contributed by atoms with Crippen molar-refractivity contribution in [2.75, 3.05) is 17.6 Å². The van der Waals surface area contributed by atoms with Crippen LogP contribution in [0.15, 0.2) is 40.2 Å². The van der Waals surface area contributed by atoms with Crippen molar-refractivity contribution in [3.05, 3.63) is 52.2 Å². The fourth-order valence-electron chi connectivity index (χ4n) is 2.16. The van der Waals surface area contributed by atoms with Gasteiger partial charge in [-0.15, -0.1) is 11.3 Å². The molecule has 0 saturated carbocycles. The van der Waals surface area contributed by atoms with Gasteiger partial charge in [-0.05, 0) is 29.6 Å². The molecule has 8 nitrogen and oxygen atoms in total. The van der Waals surface area contributed by atoms with Crippen molar-refractivity contribution in [3.8, 4) is 10.7 Å². The van der Waals surface area contributed by atoms with E-state index in [2.05, 4.69) is 15.5 Å². The van der Waals surface area contributed by atoms with Gasteiger partial charge in [0.25, 0.3) is 5.91 Å². The van der Waals surface area contributed by atoms with Crippen molar-refractivity contribution in [3.63, 3.8) is 0 Å². The van der Waals surface area contributed by atoms with Crippen molar-refractivity contribution >= 4 is 44.6 Å². The van der Waals surface area contributed by atoms with Crippen LogP contribution in [-0.4, -0.2) is 37.8 Å². The fraction of sp³-hybridized carbons (Fsp3) is 0.188. The van der Waals surface area contributed by atoms with Crippen molar-refractivity contribution in [1.82, 2.24) is 15.5 Å². The molecule has 0 bridgehead atoms. The van der Waals surface area contributed by atoms with Crippen LogP contribution in [0.5, 0.6) is 0 Å². The van der Waals surface area contributed by atoms with E-state index in [1.807, 2.05) is 17.5 Å². The van der Waals surface area contributed by atoms with Gasteiger partial charge in [-0.3, -0.25) is 9.10 Å². The van der Waals surface area contributed by atoms with Crippen LogP contribution in [0.4, 0.5) is 5.69 Å². The zero-order valence-electron chi connectivity index (χ0n) is 14.3. The minimum atomic E-state index is -3.42. The molecule has 1 aromatic carbocycles. The normalized spacial score (nSPS) is 11.4. The number of benzene rings is 1. The highest BCUT2D eigenvalue weighted by atomic mass is 35.5. The van der Waals surface area contributed by atoms with Crippen LogP contribution in [-0.2, 0) is 16.6 Å². The molecule has 0 fully saturated rings.